The van der Waals surface area contributed by atoms with E-state index in [-0.39, 0.29) is 6.04 Å². The summed E-state index contributed by atoms with van der Waals surface area (Å²) in [5.41, 5.74) is 7.00. The van der Waals surface area contributed by atoms with Gasteiger partial charge in [-0.1, -0.05) is 0 Å². The highest BCUT2D eigenvalue weighted by atomic mass is 15.3. The molecular weight excluding hydrogens is 190 g/mol. The second-order valence-corrected chi connectivity index (χ2v) is 3.63. The molecule has 0 bridgehead atoms. The van der Waals surface area contributed by atoms with E-state index in [9.17, 15) is 0 Å². The van der Waals surface area contributed by atoms with Crippen LogP contribution in [0.1, 0.15) is 25.5 Å². The van der Waals surface area contributed by atoms with Gasteiger partial charge < -0.3 is 10.6 Å². The van der Waals surface area contributed by atoms with Crippen LogP contribution in [0.2, 0.25) is 0 Å². The molecule has 0 spiro atoms. The first-order valence-electron chi connectivity index (χ1n) is 5.35. The van der Waals surface area contributed by atoms with Gasteiger partial charge in [0.15, 0.2) is 5.96 Å². The van der Waals surface area contributed by atoms with Crippen molar-refractivity contribution in [1.82, 2.24) is 14.7 Å². The molecule has 2 N–H and O–H groups in total. The molecular formula is C10H17N5. The maximum absolute atomic E-state index is 5.81. The van der Waals surface area contributed by atoms with Gasteiger partial charge in [0.2, 0.25) is 0 Å². The third kappa shape index (κ3) is 1.69. The first-order valence-corrected chi connectivity index (χ1v) is 5.35. The number of guanidine groups is 1. The zero-order chi connectivity index (χ0) is 10.8. The third-order valence-electron chi connectivity index (χ3n) is 2.80. The first kappa shape index (κ1) is 10.0. The first-order chi connectivity index (χ1) is 7.26. The number of rotatable bonds is 3. The van der Waals surface area contributed by atoms with Gasteiger partial charge in [0.1, 0.15) is 0 Å². The van der Waals surface area contributed by atoms with Crippen LogP contribution in [-0.4, -0.2) is 33.7 Å². The lowest BCUT2D eigenvalue weighted by Crippen LogP contribution is -2.35. The Morgan fingerprint density at radius 3 is 2.87 bits per heavy atom. The molecule has 1 aliphatic rings. The number of aromatic nitrogens is 2. The molecule has 1 aromatic rings. The number of likely N-dealkylation sites (N-methyl/N-ethyl adjacent to an activating group) is 1. The van der Waals surface area contributed by atoms with Gasteiger partial charge in [0.25, 0.3) is 0 Å². The van der Waals surface area contributed by atoms with E-state index in [0.717, 1.165) is 19.6 Å². The maximum Gasteiger partial charge on any atom is 0.191 e. The van der Waals surface area contributed by atoms with Crippen molar-refractivity contribution in [3.63, 3.8) is 0 Å². The standard InChI is InChI=1S/C10H17N5/c1-3-14-7-8(5-13-14)9-6-12-10(11)15(9)4-2/h5,7,9H,3-4,6H2,1-2H3,(H2,11,12). The van der Waals surface area contributed by atoms with E-state index in [4.69, 9.17) is 5.73 Å². The number of aliphatic imine (C=N–C) groups is 1. The second kappa shape index (κ2) is 3.92. The summed E-state index contributed by atoms with van der Waals surface area (Å²) in [7, 11) is 0. The molecule has 0 amide bonds. The van der Waals surface area contributed by atoms with E-state index in [0.29, 0.717) is 5.96 Å². The molecule has 82 valence electrons. The van der Waals surface area contributed by atoms with Crippen LogP contribution in [-0.2, 0) is 6.54 Å². The zero-order valence-corrected chi connectivity index (χ0v) is 9.22. The summed E-state index contributed by atoms with van der Waals surface area (Å²) >= 11 is 0. The normalized spacial score (nSPS) is 20.8. The molecule has 0 radical (unpaired) electrons. The molecule has 2 heterocycles. The van der Waals surface area contributed by atoms with E-state index in [2.05, 4.69) is 35.0 Å². The van der Waals surface area contributed by atoms with E-state index in [1.807, 2.05) is 10.9 Å². The second-order valence-electron chi connectivity index (χ2n) is 3.63. The van der Waals surface area contributed by atoms with Crippen LogP contribution in [0.5, 0.6) is 0 Å². The molecule has 1 unspecified atom stereocenters. The fourth-order valence-electron chi connectivity index (χ4n) is 1.92. The predicted octanol–water partition coefficient (Wildman–Crippen LogP) is 0.594. The molecule has 5 nitrogen and oxygen atoms in total. The maximum atomic E-state index is 5.81. The van der Waals surface area contributed by atoms with Crippen molar-refractivity contribution < 1.29 is 0 Å². The van der Waals surface area contributed by atoms with Gasteiger partial charge in [0, 0.05) is 24.8 Å². The van der Waals surface area contributed by atoms with Crippen molar-refractivity contribution >= 4 is 5.96 Å². The van der Waals surface area contributed by atoms with Gasteiger partial charge in [-0.2, -0.15) is 5.10 Å². The highest BCUT2D eigenvalue weighted by Crippen LogP contribution is 2.24. The van der Waals surface area contributed by atoms with E-state index >= 15 is 0 Å². The van der Waals surface area contributed by atoms with Gasteiger partial charge in [-0.3, -0.25) is 9.67 Å². The smallest absolute Gasteiger partial charge is 0.191 e. The van der Waals surface area contributed by atoms with Gasteiger partial charge in [-0.05, 0) is 13.8 Å². The Kier molecular flexibility index (Phi) is 2.62. The lowest BCUT2D eigenvalue weighted by Gasteiger charge is -2.23. The van der Waals surface area contributed by atoms with Gasteiger partial charge >= 0.3 is 0 Å². The van der Waals surface area contributed by atoms with Crippen molar-refractivity contribution in [2.24, 2.45) is 10.7 Å². The highest BCUT2D eigenvalue weighted by Gasteiger charge is 2.26. The molecule has 0 fully saturated rings. The monoisotopic (exact) mass is 207 g/mol. The fourth-order valence-corrected chi connectivity index (χ4v) is 1.92. The Morgan fingerprint density at radius 1 is 1.47 bits per heavy atom. The van der Waals surface area contributed by atoms with E-state index in [1.165, 1.54) is 5.56 Å². The number of nitrogens with zero attached hydrogens (tertiary/aromatic N) is 4. The fraction of sp³-hybridized carbons (Fsp3) is 0.600. The molecule has 0 saturated carbocycles. The highest BCUT2D eigenvalue weighted by molar-refractivity contribution is 5.80. The van der Waals surface area contributed by atoms with Crippen LogP contribution in [0.3, 0.4) is 0 Å². The van der Waals surface area contributed by atoms with E-state index < -0.39 is 0 Å². The van der Waals surface area contributed by atoms with Crippen LogP contribution in [0.15, 0.2) is 17.4 Å². The third-order valence-corrected chi connectivity index (χ3v) is 2.80. The van der Waals surface area contributed by atoms with Crippen LogP contribution >= 0.6 is 0 Å². The SMILES string of the molecule is CCN1C(N)=NCC1c1cnn(CC)c1. The van der Waals surface area contributed by atoms with Crippen molar-refractivity contribution in [2.75, 3.05) is 13.1 Å². The van der Waals surface area contributed by atoms with Crippen LogP contribution in [0.25, 0.3) is 0 Å². The van der Waals surface area contributed by atoms with Gasteiger partial charge in [0.05, 0.1) is 18.8 Å². The summed E-state index contributed by atoms with van der Waals surface area (Å²) in [5, 5.41) is 4.27. The molecule has 5 heteroatoms. The Bertz CT molecular complexity index is 368. The molecule has 1 atom stereocenters. The Balaban J connectivity index is 2.18. The number of hydrogen-bond acceptors (Lipinski definition) is 4. The minimum absolute atomic E-state index is 0.273. The predicted molar refractivity (Wildman–Crippen MR) is 59.5 cm³/mol. The molecule has 0 saturated heterocycles. The topological polar surface area (TPSA) is 59.4 Å². The van der Waals surface area contributed by atoms with Crippen LogP contribution in [0.4, 0.5) is 0 Å². The summed E-state index contributed by atoms with van der Waals surface area (Å²) in [5.74, 6) is 0.645. The molecule has 1 aromatic heterocycles. The average molecular weight is 207 g/mol. The van der Waals surface area contributed by atoms with Crippen LogP contribution in [0, 0.1) is 0 Å². The van der Waals surface area contributed by atoms with Crippen LogP contribution < -0.4 is 5.73 Å². The van der Waals surface area contributed by atoms with E-state index in [1.54, 1.807) is 0 Å². The minimum Gasteiger partial charge on any atom is -0.370 e. The Hall–Kier alpha value is -1.52. The van der Waals surface area contributed by atoms with Gasteiger partial charge in [-0.15, -0.1) is 0 Å². The summed E-state index contributed by atoms with van der Waals surface area (Å²) in [6, 6.07) is 0.273. The molecule has 0 aliphatic carbocycles. The zero-order valence-electron chi connectivity index (χ0n) is 9.22. The number of nitrogens with two attached hydrogens (primary N) is 1. The molecule has 0 aromatic carbocycles. The Labute approximate surface area is 89.6 Å². The lowest BCUT2D eigenvalue weighted by atomic mass is 10.1. The quantitative estimate of drug-likeness (QED) is 0.789. The Morgan fingerprint density at radius 2 is 2.27 bits per heavy atom. The largest absolute Gasteiger partial charge is 0.370 e. The molecule has 1 aliphatic heterocycles. The van der Waals surface area contributed by atoms with Crippen molar-refractivity contribution in [2.45, 2.75) is 26.4 Å². The van der Waals surface area contributed by atoms with Crippen molar-refractivity contribution in [3.8, 4) is 0 Å². The summed E-state index contributed by atoms with van der Waals surface area (Å²) < 4.78 is 1.93. The summed E-state index contributed by atoms with van der Waals surface area (Å²) in [4.78, 5) is 6.37. The molecule has 15 heavy (non-hydrogen) atoms. The summed E-state index contributed by atoms with van der Waals surface area (Å²) in [6.07, 6.45) is 3.98. The lowest BCUT2D eigenvalue weighted by molar-refractivity contribution is 0.364. The van der Waals surface area contributed by atoms with Gasteiger partial charge in [-0.25, -0.2) is 0 Å². The minimum atomic E-state index is 0.273. The van der Waals surface area contributed by atoms with Crippen molar-refractivity contribution in [1.29, 1.82) is 0 Å². The summed E-state index contributed by atoms with van der Waals surface area (Å²) in [6.45, 7) is 6.69. The van der Waals surface area contributed by atoms with Crippen molar-refractivity contribution in [3.05, 3.63) is 18.0 Å². The average Bonchev–Trinajstić information content (AvgIpc) is 2.83. The molecule has 2 rings (SSSR count). The number of hydrogen-bond donors (Lipinski definition) is 1. The number of aryl methyl sites for hydroxylation is 1.